The van der Waals surface area contributed by atoms with Crippen LogP contribution in [-0.4, -0.2) is 42.6 Å². The molecule has 0 radical (unpaired) electrons. The Kier molecular flexibility index (Phi) is 14.1. The number of phenols is 2. The number of fused-ring (bicyclic) bond motifs is 6. The first-order chi connectivity index (χ1) is 34.4. The maximum Gasteiger partial charge on any atom is 0.250 e. The summed E-state index contributed by atoms with van der Waals surface area (Å²) in [5.74, 6) is -0.240. The molecule has 4 aromatic heterocycles. The number of halogens is 2. The second-order valence-corrected chi connectivity index (χ2v) is 21.1. The van der Waals surface area contributed by atoms with Crippen LogP contribution in [-0.2, 0) is 23.7 Å². The van der Waals surface area contributed by atoms with E-state index in [2.05, 4.69) is 38.3 Å². The molecule has 0 aliphatic carbocycles. The van der Waals surface area contributed by atoms with E-state index in [1.54, 1.807) is 82.3 Å². The van der Waals surface area contributed by atoms with Crippen molar-refractivity contribution in [2.75, 3.05) is 10.6 Å². The van der Waals surface area contributed by atoms with Crippen molar-refractivity contribution in [2.24, 2.45) is 24.1 Å². The lowest BCUT2D eigenvalue weighted by molar-refractivity contribution is -0.117. The van der Waals surface area contributed by atoms with Gasteiger partial charge in [0.05, 0.1) is 36.3 Å². The first kappa shape index (κ1) is 49.6. The van der Waals surface area contributed by atoms with Crippen LogP contribution in [0.5, 0.6) is 11.5 Å². The normalized spacial score (nSPS) is 14.4. The van der Waals surface area contributed by atoms with Crippen LogP contribution in [0.2, 0.25) is 10.0 Å². The van der Waals surface area contributed by atoms with Gasteiger partial charge in [-0.3, -0.25) is 29.2 Å². The summed E-state index contributed by atoms with van der Waals surface area (Å²) in [7, 11) is 3.46. The molecule has 0 fully saturated rings. The molecule has 0 unspecified atom stereocenters. The Labute approximate surface area is 433 Å². The van der Waals surface area contributed by atoms with Crippen LogP contribution < -0.4 is 21.8 Å². The van der Waals surface area contributed by atoms with Crippen LogP contribution >= 0.6 is 45.9 Å². The third kappa shape index (κ3) is 10.2. The number of aromatic nitrogens is 2. The third-order valence-corrected chi connectivity index (χ3v) is 15.8. The van der Waals surface area contributed by atoms with Crippen LogP contribution in [0.4, 0.5) is 11.4 Å². The zero-order valence-corrected chi connectivity index (χ0v) is 43.1. The molecule has 0 bridgehead atoms. The van der Waals surface area contributed by atoms with Crippen molar-refractivity contribution < 1.29 is 19.8 Å². The molecule has 4 N–H and O–H groups in total. The molecule has 6 heterocycles. The van der Waals surface area contributed by atoms with Crippen molar-refractivity contribution in [3.63, 3.8) is 0 Å². The summed E-state index contributed by atoms with van der Waals surface area (Å²) in [6.45, 7) is 8.32. The van der Waals surface area contributed by atoms with Crippen molar-refractivity contribution >= 4 is 80.5 Å². The highest BCUT2D eigenvalue weighted by Gasteiger charge is 2.32. The lowest BCUT2D eigenvalue weighted by atomic mass is 9.95. The molecule has 10 rings (SSSR count). The van der Waals surface area contributed by atoms with Gasteiger partial charge in [-0.05, 0) is 123 Å². The van der Waals surface area contributed by atoms with Crippen LogP contribution in [0, 0.1) is 27.7 Å². The summed E-state index contributed by atoms with van der Waals surface area (Å²) in [6, 6.07) is 29.7. The fraction of sp³-hybridized carbons (Fsp3) is 0.179. The first-order valence-corrected chi connectivity index (χ1v) is 25.3. The minimum atomic E-state index is -0.573. The number of carbonyl (C=O) groups excluding carboxylic acids is 2. The quantitative estimate of drug-likeness (QED) is 0.111. The van der Waals surface area contributed by atoms with Crippen molar-refractivity contribution in [3.8, 4) is 32.4 Å². The van der Waals surface area contributed by atoms with Gasteiger partial charge in [-0.25, -0.2) is 0 Å². The molecular formula is C56H48Cl2N6O6S2. The van der Waals surface area contributed by atoms with Crippen LogP contribution in [0.3, 0.4) is 0 Å². The predicted octanol–water partition coefficient (Wildman–Crippen LogP) is 12.0. The summed E-state index contributed by atoms with van der Waals surface area (Å²) in [6.07, 6.45) is 3.78. The molecule has 72 heavy (non-hydrogen) atoms. The average molecular weight is 1040 g/mol. The number of aromatic hydroxyl groups is 2. The minimum Gasteiger partial charge on any atom is -0.508 e. The number of benzene rings is 4. The van der Waals surface area contributed by atoms with E-state index in [0.717, 1.165) is 76.8 Å². The number of rotatable bonds is 8. The maximum atomic E-state index is 13.1. The number of aryl methyl sites for hydroxylation is 4. The molecule has 0 spiro atoms. The largest absolute Gasteiger partial charge is 0.508 e. The lowest BCUT2D eigenvalue weighted by Crippen LogP contribution is -2.20. The number of anilines is 2. The Hall–Kier alpha value is -7.36. The molecule has 16 heteroatoms. The number of hydrogen-bond acceptors (Lipinski definition) is 10. The SMILES string of the molecule is Cc1sc2c(c1C)C(c1ccc(Cl)cc1)=N[C@@H](CC(=O)Nc1ccc(O)cc1)c1cc(=O)n(C)cc1-2.Cc1sc2c(c1C)C(c1ccc(Cl)cc1)=N[C@H](CC(=O)Nc1ccc(O)cc1)c1cc(=O)n(C)cc1-2. The molecule has 8 aromatic rings. The predicted molar refractivity (Wildman–Crippen MR) is 291 cm³/mol. The molecule has 2 atom stereocenters. The summed E-state index contributed by atoms with van der Waals surface area (Å²) in [5, 5.41) is 26.1. The molecule has 2 amide bonds. The highest BCUT2D eigenvalue weighted by Crippen LogP contribution is 2.46. The number of hydrogen-bond donors (Lipinski definition) is 4. The van der Waals surface area contributed by atoms with Gasteiger partial charge >= 0.3 is 0 Å². The standard InChI is InChI=1S/2C28H24ClN3O3S/c2*1-15-16(2)36-28-22-14-32(3)25(35)12-21(22)23(13-24(34)30-19-8-10-20(33)11-9-19)31-27(26(15)28)17-4-6-18(29)7-5-17/h2*4-12,14,23,33H,13H2,1-3H3,(H,30,34)/t2*23-/m10/s1. The second kappa shape index (κ2) is 20.4. The van der Waals surface area contributed by atoms with Crippen LogP contribution in [0.1, 0.15) is 79.2 Å². The van der Waals surface area contributed by atoms with E-state index in [4.69, 9.17) is 33.2 Å². The summed E-state index contributed by atoms with van der Waals surface area (Å²) in [4.78, 5) is 66.3. The fourth-order valence-electron chi connectivity index (χ4n) is 8.83. The molecule has 0 saturated carbocycles. The summed E-state index contributed by atoms with van der Waals surface area (Å²) < 4.78 is 3.13. The van der Waals surface area contributed by atoms with Crippen molar-refractivity contribution in [2.45, 2.75) is 52.6 Å². The van der Waals surface area contributed by atoms with Gasteiger partial charge in [0, 0.05) is 113 Å². The first-order valence-electron chi connectivity index (χ1n) is 22.9. The topological polar surface area (TPSA) is 167 Å². The number of amides is 2. The van der Waals surface area contributed by atoms with E-state index in [1.807, 2.05) is 60.9 Å². The number of carbonyl (C=O) groups is 2. The maximum absolute atomic E-state index is 13.1. The molecule has 2 aliphatic heterocycles. The number of aliphatic imine (C=N–C) groups is 2. The van der Waals surface area contributed by atoms with Crippen LogP contribution in [0.15, 0.2) is 141 Å². The Morgan fingerprint density at radius 2 is 0.917 bits per heavy atom. The number of phenolic OH excluding ortho intramolecular Hbond substituents is 2. The van der Waals surface area contributed by atoms with E-state index < -0.39 is 12.1 Å². The Balaban J connectivity index is 0.000000178. The van der Waals surface area contributed by atoms with Gasteiger partial charge in [-0.15, -0.1) is 22.7 Å². The zero-order valence-electron chi connectivity index (χ0n) is 40.0. The summed E-state index contributed by atoms with van der Waals surface area (Å²) >= 11 is 15.7. The van der Waals surface area contributed by atoms with Gasteiger partial charge in [0.15, 0.2) is 0 Å². The average Bonchev–Trinajstić information content (AvgIpc) is 3.72. The van der Waals surface area contributed by atoms with Crippen molar-refractivity contribution in [1.29, 1.82) is 0 Å². The van der Waals surface area contributed by atoms with Gasteiger partial charge in [0.25, 0.3) is 11.1 Å². The van der Waals surface area contributed by atoms with Gasteiger partial charge < -0.3 is 30.0 Å². The zero-order chi connectivity index (χ0) is 51.1. The van der Waals surface area contributed by atoms with E-state index in [0.29, 0.717) is 21.4 Å². The van der Waals surface area contributed by atoms with Crippen molar-refractivity contribution in [3.05, 3.63) is 207 Å². The van der Waals surface area contributed by atoms with Gasteiger partial charge in [-0.1, -0.05) is 47.5 Å². The monoisotopic (exact) mass is 1030 g/mol. The number of nitrogens with zero attached hydrogens (tertiary/aromatic N) is 4. The second-order valence-electron chi connectivity index (χ2n) is 17.8. The number of pyridine rings is 2. The highest BCUT2D eigenvalue weighted by molar-refractivity contribution is 7.16. The number of nitrogens with one attached hydrogen (secondary N) is 2. The highest BCUT2D eigenvalue weighted by atomic mass is 35.5. The molecule has 12 nitrogen and oxygen atoms in total. The molecule has 364 valence electrons. The fourth-order valence-corrected chi connectivity index (χ4v) is 11.5. The molecule has 4 aromatic carbocycles. The van der Waals surface area contributed by atoms with E-state index in [9.17, 15) is 29.4 Å². The molecule has 0 saturated heterocycles. The molecular weight excluding hydrogens is 988 g/mol. The smallest absolute Gasteiger partial charge is 0.250 e. The Bertz CT molecular complexity index is 3370. The lowest BCUT2D eigenvalue weighted by Gasteiger charge is -2.16. The van der Waals surface area contributed by atoms with Gasteiger partial charge in [-0.2, -0.15) is 0 Å². The minimum absolute atomic E-state index is 0.0467. The van der Waals surface area contributed by atoms with Crippen molar-refractivity contribution in [1.82, 2.24) is 9.13 Å². The van der Waals surface area contributed by atoms with E-state index in [-0.39, 0.29) is 47.3 Å². The van der Waals surface area contributed by atoms with Gasteiger partial charge in [0.2, 0.25) is 11.8 Å². The molecule has 2 aliphatic rings. The van der Waals surface area contributed by atoms with E-state index >= 15 is 0 Å². The van der Waals surface area contributed by atoms with Gasteiger partial charge in [0.1, 0.15) is 11.5 Å². The van der Waals surface area contributed by atoms with Crippen LogP contribution in [0.25, 0.3) is 20.9 Å². The third-order valence-electron chi connectivity index (χ3n) is 12.8. The number of thiophene rings is 2. The van der Waals surface area contributed by atoms with E-state index in [1.165, 1.54) is 34.0 Å². The summed E-state index contributed by atoms with van der Waals surface area (Å²) in [5.41, 5.74) is 11.7. The Morgan fingerprint density at radius 1 is 0.569 bits per heavy atom. The Morgan fingerprint density at radius 3 is 1.26 bits per heavy atom.